The molecule has 3 atom stereocenters. The second-order valence-corrected chi connectivity index (χ2v) is 4.96. The summed E-state index contributed by atoms with van der Waals surface area (Å²) in [5.74, 6) is -2.24. The van der Waals surface area contributed by atoms with Crippen molar-refractivity contribution in [2.45, 2.75) is 47.1 Å². The Kier molecular flexibility index (Phi) is 5.13. The number of aliphatic hydroxyl groups is 1. The van der Waals surface area contributed by atoms with E-state index in [2.05, 4.69) is 0 Å². The van der Waals surface area contributed by atoms with Crippen molar-refractivity contribution in [1.82, 2.24) is 0 Å². The highest BCUT2D eigenvalue weighted by Gasteiger charge is 2.41. The maximum Gasteiger partial charge on any atom is 0.316 e. The molecule has 0 radical (unpaired) electrons. The van der Waals surface area contributed by atoms with Gasteiger partial charge in [0.1, 0.15) is 5.41 Å². The van der Waals surface area contributed by atoms with Crippen molar-refractivity contribution in [3.05, 3.63) is 0 Å². The molecule has 0 aliphatic heterocycles. The summed E-state index contributed by atoms with van der Waals surface area (Å²) in [5.41, 5.74) is -1.44. The van der Waals surface area contributed by atoms with Gasteiger partial charge in [0, 0.05) is 5.92 Å². The average molecular weight is 230 g/mol. The lowest BCUT2D eigenvalue weighted by atomic mass is 9.77. The number of rotatable bonds is 6. The average Bonchev–Trinajstić information content (AvgIpc) is 2.24. The fraction of sp³-hybridized carbons (Fsp3) is 0.833. The van der Waals surface area contributed by atoms with E-state index in [-0.39, 0.29) is 5.92 Å². The van der Waals surface area contributed by atoms with Gasteiger partial charge >= 0.3 is 5.97 Å². The van der Waals surface area contributed by atoms with Crippen LogP contribution in [0.1, 0.15) is 41.0 Å². The number of aliphatic carboxylic acids is 1. The number of carboxylic acid groups (broad SMARTS) is 1. The number of hydrogen-bond donors (Lipinski definition) is 2. The molecule has 4 nitrogen and oxygen atoms in total. The lowest BCUT2D eigenvalue weighted by Crippen LogP contribution is -2.42. The predicted molar refractivity (Wildman–Crippen MR) is 61.0 cm³/mol. The second kappa shape index (κ2) is 5.43. The zero-order chi connectivity index (χ0) is 13.1. The Hall–Kier alpha value is -0.900. The van der Waals surface area contributed by atoms with Crippen LogP contribution in [0.25, 0.3) is 0 Å². The highest BCUT2D eigenvalue weighted by molar-refractivity contribution is 6.03. The van der Waals surface area contributed by atoms with Crippen molar-refractivity contribution in [2.75, 3.05) is 0 Å². The summed E-state index contributed by atoms with van der Waals surface area (Å²) in [6, 6.07) is 0. The maximum atomic E-state index is 11.9. The number of aliphatic hydroxyl groups excluding tert-OH is 1. The first-order valence-corrected chi connectivity index (χ1v) is 5.62. The molecule has 0 heterocycles. The van der Waals surface area contributed by atoms with E-state index in [1.165, 1.54) is 13.8 Å². The van der Waals surface area contributed by atoms with Crippen molar-refractivity contribution in [2.24, 2.45) is 17.3 Å². The first-order valence-electron chi connectivity index (χ1n) is 5.62. The monoisotopic (exact) mass is 230 g/mol. The molecule has 4 heteroatoms. The Balaban J connectivity index is 4.81. The smallest absolute Gasteiger partial charge is 0.316 e. The first-order chi connectivity index (χ1) is 7.16. The van der Waals surface area contributed by atoms with Crippen LogP contribution in [0.5, 0.6) is 0 Å². The van der Waals surface area contributed by atoms with Crippen molar-refractivity contribution in [3.63, 3.8) is 0 Å². The molecule has 3 unspecified atom stereocenters. The normalized spacial score (nSPS) is 17.6. The number of carbonyl (C=O) groups excluding carboxylic acids is 1. The van der Waals surface area contributed by atoms with Gasteiger partial charge in [-0.1, -0.05) is 27.2 Å². The molecule has 0 aromatic heterocycles. The quantitative estimate of drug-likeness (QED) is 0.681. The first kappa shape index (κ1) is 15.1. The highest BCUT2D eigenvalue weighted by atomic mass is 16.4. The third kappa shape index (κ3) is 3.04. The molecule has 0 aromatic rings. The van der Waals surface area contributed by atoms with E-state index in [1.807, 2.05) is 13.8 Å². The minimum Gasteiger partial charge on any atom is -0.481 e. The Morgan fingerprint density at radius 3 is 2.00 bits per heavy atom. The van der Waals surface area contributed by atoms with Gasteiger partial charge in [-0.15, -0.1) is 0 Å². The van der Waals surface area contributed by atoms with Gasteiger partial charge in [-0.05, 0) is 19.8 Å². The Morgan fingerprint density at radius 1 is 1.25 bits per heavy atom. The minimum atomic E-state index is -1.44. The molecule has 16 heavy (non-hydrogen) atoms. The third-order valence-corrected chi connectivity index (χ3v) is 3.30. The molecular weight excluding hydrogens is 208 g/mol. The lowest BCUT2D eigenvalue weighted by molar-refractivity contribution is -0.155. The topological polar surface area (TPSA) is 74.6 Å². The van der Waals surface area contributed by atoms with Crippen LogP contribution in [0.15, 0.2) is 0 Å². The van der Waals surface area contributed by atoms with E-state index in [0.29, 0.717) is 0 Å². The highest BCUT2D eigenvalue weighted by Crippen LogP contribution is 2.26. The van der Waals surface area contributed by atoms with Gasteiger partial charge < -0.3 is 10.2 Å². The molecular formula is C12H22O4. The molecule has 0 fully saturated rings. The van der Waals surface area contributed by atoms with Gasteiger partial charge in [-0.25, -0.2) is 0 Å². The molecule has 0 aromatic carbocycles. The van der Waals surface area contributed by atoms with Crippen LogP contribution in [0.2, 0.25) is 0 Å². The molecule has 0 amide bonds. The van der Waals surface area contributed by atoms with Gasteiger partial charge in [-0.2, -0.15) is 0 Å². The predicted octanol–water partition coefficient (Wildman–Crippen LogP) is 1.71. The van der Waals surface area contributed by atoms with E-state index in [9.17, 15) is 14.7 Å². The summed E-state index contributed by atoms with van der Waals surface area (Å²) in [5, 5.41) is 18.8. The van der Waals surface area contributed by atoms with Crippen molar-refractivity contribution < 1.29 is 19.8 Å². The molecule has 0 spiro atoms. The summed E-state index contributed by atoms with van der Waals surface area (Å²) in [7, 11) is 0. The standard InChI is InChI=1S/C12H22O4/c1-6-7(2)9(13)8(3)10(14)12(4,5)11(15)16/h7-9,13H,6H2,1-5H3,(H,15,16). The molecule has 0 saturated carbocycles. The molecule has 2 N–H and O–H groups in total. The molecule has 94 valence electrons. The summed E-state index contributed by atoms with van der Waals surface area (Å²) in [6.07, 6.45) is -0.0251. The number of ketones is 1. The van der Waals surface area contributed by atoms with E-state index in [4.69, 9.17) is 5.11 Å². The van der Waals surface area contributed by atoms with Crippen LogP contribution in [0.4, 0.5) is 0 Å². The zero-order valence-electron chi connectivity index (χ0n) is 10.7. The van der Waals surface area contributed by atoms with Crippen LogP contribution in [0, 0.1) is 17.3 Å². The van der Waals surface area contributed by atoms with E-state index in [1.54, 1.807) is 6.92 Å². The van der Waals surface area contributed by atoms with Gasteiger partial charge in [0.05, 0.1) is 6.10 Å². The Labute approximate surface area is 96.7 Å². The number of carbonyl (C=O) groups is 2. The Morgan fingerprint density at radius 2 is 1.69 bits per heavy atom. The molecule has 0 rings (SSSR count). The molecule has 0 aliphatic carbocycles. The van der Waals surface area contributed by atoms with Gasteiger partial charge in [0.15, 0.2) is 5.78 Å². The second-order valence-electron chi connectivity index (χ2n) is 4.96. The molecule has 0 bridgehead atoms. The molecule has 0 aliphatic rings. The SMILES string of the molecule is CCC(C)C(O)C(C)C(=O)C(C)(C)C(=O)O. The minimum absolute atomic E-state index is 0.0106. The van der Waals surface area contributed by atoms with Crippen molar-refractivity contribution in [3.8, 4) is 0 Å². The fourth-order valence-electron chi connectivity index (χ4n) is 1.56. The summed E-state index contributed by atoms with van der Waals surface area (Å²) in [6.45, 7) is 8.11. The van der Waals surface area contributed by atoms with E-state index < -0.39 is 29.2 Å². The summed E-state index contributed by atoms with van der Waals surface area (Å²) >= 11 is 0. The largest absolute Gasteiger partial charge is 0.481 e. The lowest BCUT2D eigenvalue weighted by Gasteiger charge is -2.28. The van der Waals surface area contributed by atoms with Gasteiger partial charge in [0.2, 0.25) is 0 Å². The van der Waals surface area contributed by atoms with E-state index >= 15 is 0 Å². The third-order valence-electron chi connectivity index (χ3n) is 3.30. The van der Waals surface area contributed by atoms with Gasteiger partial charge in [-0.3, -0.25) is 9.59 Å². The van der Waals surface area contributed by atoms with Crippen LogP contribution in [-0.2, 0) is 9.59 Å². The van der Waals surface area contributed by atoms with Crippen molar-refractivity contribution in [1.29, 1.82) is 0 Å². The summed E-state index contributed by atoms with van der Waals surface area (Å²) < 4.78 is 0. The van der Waals surface area contributed by atoms with Crippen LogP contribution in [-0.4, -0.2) is 28.1 Å². The zero-order valence-corrected chi connectivity index (χ0v) is 10.7. The number of Topliss-reactive ketones (excluding diaryl/α,β-unsaturated/α-hetero) is 1. The van der Waals surface area contributed by atoms with Crippen molar-refractivity contribution >= 4 is 11.8 Å². The van der Waals surface area contributed by atoms with Crippen LogP contribution in [0.3, 0.4) is 0 Å². The number of carboxylic acids is 1. The van der Waals surface area contributed by atoms with E-state index in [0.717, 1.165) is 6.42 Å². The van der Waals surface area contributed by atoms with Crippen LogP contribution >= 0.6 is 0 Å². The number of hydrogen-bond acceptors (Lipinski definition) is 3. The maximum absolute atomic E-state index is 11.9. The fourth-order valence-corrected chi connectivity index (χ4v) is 1.56. The van der Waals surface area contributed by atoms with Gasteiger partial charge in [0.25, 0.3) is 0 Å². The van der Waals surface area contributed by atoms with Crippen LogP contribution < -0.4 is 0 Å². The molecule has 0 saturated heterocycles. The summed E-state index contributed by atoms with van der Waals surface area (Å²) in [4.78, 5) is 22.9. The Bertz CT molecular complexity index is 270.